The van der Waals surface area contributed by atoms with Crippen molar-refractivity contribution in [3.8, 4) is 0 Å². The molecule has 0 aromatic rings. The van der Waals surface area contributed by atoms with Crippen LogP contribution in [-0.4, -0.2) is 35.1 Å². The molecule has 1 aliphatic heterocycles. The summed E-state index contributed by atoms with van der Waals surface area (Å²) in [6.07, 6.45) is 2.29. The van der Waals surface area contributed by atoms with Gasteiger partial charge in [0.15, 0.2) is 0 Å². The fraction of sp³-hybridized carbons (Fsp3) is 0.750. The summed E-state index contributed by atoms with van der Waals surface area (Å²) in [5.74, 6) is 0.111. The first-order valence-electron chi connectivity index (χ1n) is 4.38. The minimum Gasteiger partial charge on any atom is -0.465 e. The van der Waals surface area contributed by atoms with Crippen molar-refractivity contribution >= 4 is 12.0 Å². The highest BCUT2D eigenvalue weighted by atomic mass is 16.4. The zero-order valence-corrected chi connectivity index (χ0v) is 7.40. The lowest BCUT2D eigenvalue weighted by Gasteiger charge is -2.27. The van der Waals surface area contributed by atoms with E-state index < -0.39 is 6.09 Å². The molecule has 5 heteroatoms. The highest BCUT2D eigenvalue weighted by molar-refractivity contribution is 5.78. The van der Waals surface area contributed by atoms with Crippen molar-refractivity contribution in [3.05, 3.63) is 0 Å². The van der Waals surface area contributed by atoms with Crippen molar-refractivity contribution in [2.75, 3.05) is 13.1 Å². The summed E-state index contributed by atoms with van der Waals surface area (Å²) < 4.78 is 0. The van der Waals surface area contributed by atoms with Crippen LogP contribution < -0.4 is 5.73 Å². The van der Waals surface area contributed by atoms with Crippen molar-refractivity contribution in [1.29, 1.82) is 0 Å². The lowest BCUT2D eigenvalue weighted by molar-refractivity contribution is -0.119. The van der Waals surface area contributed by atoms with E-state index in [9.17, 15) is 9.59 Å². The number of carboxylic acid groups (broad SMARTS) is 1. The smallest absolute Gasteiger partial charge is 0.407 e. The molecule has 13 heavy (non-hydrogen) atoms. The molecule has 1 saturated heterocycles. The Morgan fingerprint density at radius 1 is 1.31 bits per heavy atom. The van der Waals surface area contributed by atoms with Crippen LogP contribution >= 0.6 is 0 Å². The van der Waals surface area contributed by atoms with Gasteiger partial charge in [-0.25, -0.2) is 4.79 Å². The van der Waals surface area contributed by atoms with Gasteiger partial charge in [0, 0.05) is 19.0 Å². The summed E-state index contributed by atoms with van der Waals surface area (Å²) in [5.41, 5.74) is 4.86. The molecule has 74 valence electrons. The topological polar surface area (TPSA) is 83.6 Å². The van der Waals surface area contributed by atoms with Gasteiger partial charge in [-0.05, 0) is 19.3 Å². The molecule has 3 N–H and O–H groups in total. The summed E-state index contributed by atoms with van der Waals surface area (Å²) in [6.45, 7) is 1.46. The van der Waals surface area contributed by atoms with Crippen LogP contribution in [0.1, 0.15) is 19.3 Å². The van der Waals surface area contributed by atoms with Crippen LogP contribution in [0.4, 0.5) is 4.79 Å². The Morgan fingerprint density at radius 2 is 1.85 bits per heavy atom. The molecule has 0 bridgehead atoms. The van der Waals surface area contributed by atoms with Gasteiger partial charge in [0.2, 0.25) is 5.91 Å². The molecule has 2 rings (SSSR count). The van der Waals surface area contributed by atoms with Crippen LogP contribution in [0.25, 0.3) is 0 Å². The molecule has 0 aromatic carbocycles. The SMILES string of the molecule is NC(=O)C1CC1.O=C(O)N1CCC1. The predicted molar refractivity (Wildman–Crippen MR) is 46.1 cm³/mol. The first kappa shape index (κ1) is 9.83. The van der Waals surface area contributed by atoms with Gasteiger partial charge >= 0.3 is 6.09 Å². The Bertz CT molecular complexity index is 209. The van der Waals surface area contributed by atoms with Crippen molar-refractivity contribution in [2.24, 2.45) is 11.7 Å². The number of rotatable bonds is 1. The van der Waals surface area contributed by atoms with E-state index >= 15 is 0 Å². The molecule has 1 aliphatic carbocycles. The quantitative estimate of drug-likeness (QED) is 0.615. The average molecular weight is 186 g/mol. The molecule has 1 saturated carbocycles. The summed E-state index contributed by atoms with van der Waals surface area (Å²) >= 11 is 0. The highest BCUT2D eigenvalue weighted by Gasteiger charge is 2.26. The molecular weight excluding hydrogens is 172 g/mol. The van der Waals surface area contributed by atoms with Gasteiger partial charge in [0.25, 0.3) is 0 Å². The van der Waals surface area contributed by atoms with Gasteiger partial charge in [0.1, 0.15) is 0 Å². The summed E-state index contributed by atoms with van der Waals surface area (Å²) in [5, 5.41) is 8.16. The Hall–Kier alpha value is -1.26. The molecule has 0 atom stereocenters. The van der Waals surface area contributed by atoms with Crippen LogP contribution in [-0.2, 0) is 4.79 Å². The van der Waals surface area contributed by atoms with E-state index in [2.05, 4.69) is 0 Å². The number of carbonyl (C=O) groups is 2. The zero-order chi connectivity index (χ0) is 9.84. The van der Waals surface area contributed by atoms with Gasteiger partial charge in [0.05, 0.1) is 0 Å². The van der Waals surface area contributed by atoms with E-state index in [-0.39, 0.29) is 11.8 Å². The number of nitrogens with zero attached hydrogens (tertiary/aromatic N) is 1. The third-order valence-electron chi connectivity index (χ3n) is 2.11. The Kier molecular flexibility index (Phi) is 3.11. The van der Waals surface area contributed by atoms with E-state index in [1.165, 1.54) is 4.90 Å². The molecule has 2 aliphatic rings. The second-order valence-electron chi connectivity index (χ2n) is 3.30. The maximum atomic E-state index is 9.98. The molecule has 0 unspecified atom stereocenters. The standard InChI is InChI=1S/C4H7NO2.C4H7NO/c6-4(7)5-2-1-3-5;5-4(6)3-1-2-3/h1-3H2,(H,6,7);3H,1-2H2,(H2,5,6). The number of hydrogen-bond acceptors (Lipinski definition) is 2. The van der Waals surface area contributed by atoms with E-state index in [0.717, 1.165) is 32.4 Å². The van der Waals surface area contributed by atoms with Gasteiger partial charge in [-0.2, -0.15) is 0 Å². The Balaban J connectivity index is 0.000000132. The summed E-state index contributed by atoms with van der Waals surface area (Å²) in [7, 11) is 0. The maximum absolute atomic E-state index is 9.98. The first-order valence-corrected chi connectivity index (χ1v) is 4.38. The van der Waals surface area contributed by atoms with Crippen LogP contribution in [0.15, 0.2) is 0 Å². The van der Waals surface area contributed by atoms with Gasteiger partial charge in [-0.1, -0.05) is 0 Å². The molecule has 0 radical (unpaired) electrons. The first-order chi connectivity index (χ1) is 6.11. The van der Waals surface area contributed by atoms with Crippen LogP contribution in [0.2, 0.25) is 0 Å². The second-order valence-corrected chi connectivity index (χ2v) is 3.30. The molecular formula is C8H14N2O3. The van der Waals surface area contributed by atoms with Crippen LogP contribution in [0, 0.1) is 5.92 Å². The summed E-state index contributed by atoms with van der Waals surface area (Å²) in [6, 6.07) is 0. The zero-order valence-electron chi connectivity index (χ0n) is 7.40. The number of primary amides is 1. The van der Waals surface area contributed by atoms with Crippen LogP contribution in [0.3, 0.4) is 0 Å². The number of carbonyl (C=O) groups excluding carboxylic acids is 1. The van der Waals surface area contributed by atoms with E-state index in [4.69, 9.17) is 10.8 Å². The summed E-state index contributed by atoms with van der Waals surface area (Å²) in [4.78, 5) is 21.3. The fourth-order valence-corrected chi connectivity index (χ4v) is 0.875. The number of hydrogen-bond donors (Lipinski definition) is 2. The largest absolute Gasteiger partial charge is 0.465 e. The van der Waals surface area contributed by atoms with Gasteiger partial charge in [-0.3, -0.25) is 4.79 Å². The minimum atomic E-state index is -0.786. The molecule has 1 heterocycles. The van der Waals surface area contributed by atoms with Gasteiger partial charge in [-0.15, -0.1) is 0 Å². The van der Waals surface area contributed by atoms with Crippen LogP contribution in [0.5, 0.6) is 0 Å². The number of likely N-dealkylation sites (tertiary alicyclic amines) is 1. The lowest BCUT2D eigenvalue weighted by atomic mass is 10.2. The lowest BCUT2D eigenvalue weighted by Crippen LogP contribution is -2.40. The second kappa shape index (κ2) is 4.11. The van der Waals surface area contributed by atoms with E-state index in [1.54, 1.807) is 0 Å². The normalized spacial score (nSPS) is 19.5. The highest BCUT2D eigenvalue weighted by Crippen LogP contribution is 2.27. The van der Waals surface area contributed by atoms with Crippen molar-refractivity contribution in [2.45, 2.75) is 19.3 Å². The Labute approximate surface area is 76.5 Å². The van der Waals surface area contributed by atoms with Gasteiger partial charge < -0.3 is 15.7 Å². The minimum absolute atomic E-state index is 0.130. The fourth-order valence-electron chi connectivity index (χ4n) is 0.875. The van der Waals surface area contributed by atoms with E-state index in [0.29, 0.717) is 0 Å². The predicted octanol–water partition coefficient (Wildman–Crippen LogP) is 0.252. The molecule has 5 nitrogen and oxygen atoms in total. The molecule has 0 spiro atoms. The molecule has 2 amide bonds. The third kappa shape index (κ3) is 3.31. The van der Waals surface area contributed by atoms with Crippen molar-refractivity contribution in [3.63, 3.8) is 0 Å². The third-order valence-corrected chi connectivity index (χ3v) is 2.11. The average Bonchev–Trinajstić information content (AvgIpc) is 2.60. The van der Waals surface area contributed by atoms with E-state index in [1.807, 2.05) is 0 Å². The maximum Gasteiger partial charge on any atom is 0.407 e. The molecule has 0 aromatic heterocycles. The van der Waals surface area contributed by atoms with Crippen molar-refractivity contribution < 1.29 is 14.7 Å². The number of amides is 2. The number of nitrogens with two attached hydrogens (primary N) is 1. The Morgan fingerprint density at radius 3 is 1.85 bits per heavy atom. The van der Waals surface area contributed by atoms with Crippen molar-refractivity contribution in [1.82, 2.24) is 4.90 Å². The monoisotopic (exact) mass is 186 g/mol. The molecule has 2 fully saturated rings.